The van der Waals surface area contributed by atoms with Crippen LogP contribution in [0, 0.1) is 0 Å². The van der Waals surface area contributed by atoms with Crippen LogP contribution < -0.4 is 5.32 Å². The van der Waals surface area contributed by atoms with E-state index in [2.05, 4.69) is 5.32 Å². The summed E-state index contributed by atoms with van der Waals surface area (Å²) in [4.78, 5) is 12.5. The molecule has 2 nitrogen and oxygen atoms in total. The van der Waals surface area contributed by atoms with Crippen molar-refractivity contribution in [2.75, 3.05) is 5.32 Å². The number of rotatable bonds is 2. The molecule has 0 spiro atoms. The molecule has 4 heteroatoms. The number of hydrogen-bond donors (Lipinski definition) is 1. The van der Waals surface area contributed by atoms with E-state index in [1.165, 1.54) is 0 Å². The highest BCUT2D eigenvalue weighted by atomic mass is 35.5. The molecule has 1 unspecified atom stereocenters. The van der Waals surface area contributed by atoms with Gasteiger partial charge in [0.2, 0.25) is 0 Å². The number of halogens is 2. The van der Waals surface area contributed by atoms with Crippen LogP contribution in [0.4, 0.5) is 5.69 Å². The fraction of sp³-hybridized carbons (Fsp3) is 0.133. The lowest BCUT2D eigenvalue weighted by molar-refractivity contribution is 0.0972. The quantitative estimate of drug-likeness (QED) is 0.840. The molecule has 0 bridgehead atoms. The van der Waals surface area contributed by atoms with E-state index in [0.29, 0.717) is 22.0 Å². The average molecular weight is 292 g/mol. The Kier molecular flexibility index (Phi) is 3.21. The molecule has 0 aromatic heterocycles. The van der Waals surface area contributed by atoms with E-state index in [9.17, 15) is 4.79 Å². The lowest BCUT2D eigenvalue weighted by Crippen LogP contribution is -2.27. The molecule has 0 radical (unpaired) electrons. The highest BCUT2D eigenvalue weighted by Gasteiger charge is 2.28. The maximum atomic E-state index is 12.5. The number of ketones is 1. The Balaban J connectivity index is 1.87. The minimum Gasteiger partial charge on any atom is -0.374 e. The van der Waals surface area contributed by atoms with Crippen molar-refractivity contribution in [3.63, 3.8) is 0 Å². The van der Waals surface area contributed by atoms with Gasteiger partial charge in [-0.1, -0.05) is 41.4 Å². The number of benzene rings is 2. The third-order valence-corrected chi connectivity index (χ3v) is 3.83. The maximum absolute atomic E-state index is 12.5. The van der Waals surface area contributed by atoms with Crippen molar-refractivity contribution < 1.29 is 4.79 Å². The Hall–Kier alpha value is -1.51. The zero-order chi connectivity index (χ0) is 13.4. The lowest BCUT2D eigenvalue weighted by atomic mass is 10.0. The lowest BCUT2D eigenvalue weighted by Gasteiger charge is -2.11. The fourth-order valence-electron chi connectivity index (χ4n) is 2.33. The molecule has 19 heavy (non-hydrogen) atoms. The number of carbonyl (C=O) groups is 1. The van der Waals surface area contributed by atoms with E-state index in [0.717, 1.165) is 11.3 Å². The molecule has 0 aliphatic carbocycles. The third-order valence-electron chi connectivity index (χ3n) is 3.28. The van der Waals surface area contributed by atoms with Crippen LogP contribution >= 0.6 is 23.2 Å². The molecule has 1 atom stereocenters. The van der Waals surface area contributed by atoms with Gasteiger partial charge in [-0.15, -0.1) is 0 Å². The smallest absolute Gasteiger partial charge is 0.186 e. The monoisotopic (exact) mass is 291 g/mol. The number of hydrogen-bond acceptors (Lipinski definition) is 2. The molecule has 2 aromatic rings. The van der Waals surface area contributed by atoms with E-state index in [4.69, 9.17) is 23.2 Å². The Labute approximate surface area is 121 Å². The van der Waals surface area contributed by atoms with Gasteiger partial charge < -0.3 is 5.32 Å². The molecule has 3 rings (SSSR count). The third kappa shape index (κ3) is 2.34. The highest BCUT2D eigenvalue weighted by molar-refractivity contribution is 6.37. The Morgan fingerprint density at radius 1 is 1.16 bits per heavy atom. The minimum absolute atomic E-state index is 0.00198. The van der Waals surface area contributed by atoms with E-state index in [1.807, 2.05) is 24.3 Å². The first kappa shape index (κ1) is 12.5. The van der Waals surface area contributed by atoms with Gasteiger partial charge >= 0.3 is 0 Å². The Morgan fingerprint density at radius 2 is 1.95 bits per heavy atom. The number of fused-ring (bicyclic) bond motifs is 1. The second kappa shape index (κ2) is 4.87. The van der Waals surface area contributed by atoms with Crippen LogP contribution in [0.3, 0.4) is 0 Å². The predicted molar refractivity (Wildman–Crippen MR) is 78.3 cm³/mol. The summed E-state index contributed by atoms with van der Waals surface area (Å²) < 4.78 is 0. The number of Topliss-reactive ketones (excluding diaryl/α,β-unsaturated/α-hetero) is 1. The topological polar surface area (TPSA) is 29.1 Å². The van der Waals surface area contributed by atoms with E-state index >= 15 is 0 Å². The van der Waals surface area contributed by atoms with Crippen LogP contribution in [0.15, 0.2) is 42.5 Å². The highest BCUT2D eigenvalue weighted by Crippen LogP contribution is 2.29. The van der Waals surface area contributed by atoms with Gasteiger partial charge in [0, 0.05) is 22.7 Å². The number of anilines is 1. The Bertz CT molecular complexity index is 629. The molecular weight excluding hydrogens is 281 g/mol. The fourth-order valence-corrected chi connectivity index (χ4v) is 2.83. The summed E-state index contributed by atoms with van der Waals surface area (Å²) in [5.74, 6) is -0.00198. The second-order valence-electron chi connectivity index (χ2n) is 4.55. The first-order valence-electron chi connectivity index (χ1n) is 5.99. The zero-order valence-electron chi connectivity index (χ0n) is 9.99. The minimum atomic E-state index is -0.254. The molecule has 2 aromatic carbocycles. The molecule has 1 aliphatic heterocycles. The second-order valence-corrected chi connectivity index (χ2v) is 5.39. The SMILES string of the molecule is O=C(c1ccc(Cl)cc1Cl)C1Cc2ccccc2N1. The molecule has 1 aliphatic rings. The van der Waals surface area contributed by atoms with Crippen LogP contribution in [-0.4, -0.2) is 11.8 Å². The molecule has 1 N–H and O–H groups in total. The van der Waals surface area contributed by atoms with Crippen molar-refractivity contribution in [1.82, 2.24) is 0 Å². The van der Waals surface area contributed by atoms with Gasteiger partial charge in [0.15, 0.2) is 5.78 Å². The summed E-state index contributed by atoms with van der Waals surface area (Å²) in [6, 6.07) is 12.6. The van der Waals surface area contributed by atoms with Gasteiger partial charge in [-0.2, -0.15) is 0 Å². The number of nitrogens with one attached hydrogen (secondary N) is 1. The summed E-state index contributed by atoms with van der Waals surface area (Å²) in [6.07, 6.45) is 0.688. The van der Waals surface area contributed by atoms with Crippen molar-refractivity contribution in [3.05, 3.63) is 63.6 Å². The van der Waals surface area contributed by atoms with E-state index in [-0.39, 0.29) is 11.8 Å². The summed E-state index contributed by atoms with van der Waals surface area (Å²) in [5, 5.41) is 4.16. The molecule has 0 saturated heterocycles. The van der Waals surface area contributed by atoms with E-state index in [1.54, 1.807) is 18.2 Å². The first-order valence-corrected chi connectivity index (χ1v) is 6.74. The van der Waals surface area contributed by atoms with Gasteiger partial charge in [0.05, 0.1) is 11.1 Å². The van der Waals surface area contributed by atoms with Crippen LogP contribution in [0.5, 0.6) is 0 Å². The van der Waals surface area contributed by atoms with Crippen molar-refractivity contribution in [3.8, 4) is 0 Å². The molecular formula is C15H11Cl2NO. The zero-order valence-corrected chi connectivity index (χ0v) is 11.5. The Morgan fingerprint density at radius 3 is 2.68 bits per heavy atom. The van der Waals surface area contributed by atoms with Crippen molar-refractivity contribution in [1.29, 1.82) is 0 Å². The number of para-hydroxylation sites is 1. The van der Waals surface area contributed by atoms with Gasteiger partial charge in [-0.25, -0.2) is 0 Å². The largest absolute Gasteiger partial charge is 0.374 e. The average Bonchev–Trinajstić information content (AvgIpc) is 2.81. The normalized spacial score (nSPS) is 16.8. The van der Waals surface area contributed by atoms with Crippen LogP contribution in [0.1, 0.15) is 15.9 Å². The standard InChI is InChI=1S/C15H11Cl2NO/c16-10-5-6-11(12(17)8-10)15(19)14-7-9-3-1-2-4-13(9)18-14/h1-6,8,14,18H,7H2. The summed E-state index contributed by atoms with van der Waals surface area (Å²) in [6.45, 7) is 0. The molecule has 0 fully saturated rings. The van der Waals surface area contributed by atoms with Gasteiger partial charge in [0.1, 0.15) is 0 Å². The van der Waals surface area contributed by atoms with Gasteiger partial charge in [-0.3, -0.25) is 4.79 Å². The van der Waals surface area contributed by atoms with Crippen molar-refractivity contribution in [2.45, 2.75) is 12.5 Å². The van der Waals surface area contributed by atoms with Gasteiger partial charge in [-0.05, 0) is 29.8 Å². The van der Waals surface area contributed by atoms with Gasteiger partial charge in [0.25, 0.3) is 0 Å². The van der Waals surface area contributed by atoms with Crippen LogP contribution in [0.2, 0.25) is 10.0 Å². The molecule has 0 saturated carbocycles. The predicted octanol–water partition coefficient (Wildman–Crippen LogP) is 4.21. The molecule has 96 valence electrons. The molecule has 1 heterocycles. The first-order chi connectivity index (χ1) is 9.15. The van der Waals surface area contributed by atoms with Crippen molar-refractivity contribution in [2.24, 2.45) is 0 Å². The van der Waals surface area contributed by atoms with Crippen LogP contribution in [0.25, 0.3) is 0 Å². The number of carbonyl (C=O) groups excluding carboxylic acids is 1. The summed E-state index contributed by atoms with van der Waals surface area (Å²) >= 11 is 11.9. The van der Waals surface area contributed by atoms with Crippen molar-refractivity contribution >= 4 is 34.7 Å². The van der Waals surface area contributed by atoms with Crippen LogP contribution in [-0.2, 0) is 6.42 Å². The summed E-state index contributed by atoms with van der Waals surface area (Å²) in [5.41, 5.74) is 2.69. The van der Waals surface area contributed by atoms with E-state index < -0.39 is 0 Å². The maximum Gasteiger partial charge on any atom is 0.186 e. The summed E-state index contributed by atoms with van der Waals surface area (Å²) in [7, 11) is 0. The molecule has 0 amide bonds.